The van der Waals surface area contributed by atoms with Gasteiger partial charge in [0.2, 0.25) is 5.91 Å². The number of unbranched alkanes of at least 4 members (excludes halogenated alkanes) is 1. The minimum absolute atomic E-state index is 0.0476. The second-order valence-corrected chi connectivity index (χ2v) is 8.72. The van der Waals surface area contributed by atoms with Crippen LogP contribution in [0.2, 0.25) is 0 Å². The molecule has 0 bridgehead atoms. The summed E-state index contributed by atoms with van der Waals surface area (Å²) in [4.78, 5) is 39.4. The number of nitrogens with two attached hydrogens (primary N) is 1. The summed E-state index contributed by atoms with van der Waals surface area (Å²) in [6.45, 7) is 3.63. The van der Waals surface area contributed by atoms with Crippen molar-refractivity contribution in [2.75, 3.05) is 107 Å². The van der Waals surface area contributed by atoms with Gasteiger partial charge in [-0.2, -0.15) is 5.11 Å². The Kier molecular flexibility index (Phi) is 28.4. The molecule has 0 aliphatic rings. The fourth-order valence-corrected chi connectivity index (χ4v) is 3.42. The van der Waals surface area contributed by atoms with Gasteiger partial charge in [-0.1, -0.05) is 23.2 Å². The third-order valence-electron chi connectivity index (χ3n) is 5.58. The second-order valence-electron chi connectivity index (χ2n) is 8.72. The van der Waals surface area contributed by atoms with Crippen molar-refractivity contribution in [2.45, 2.75) is 37.8 Å². The van der Waals surface area contributed by atoms with Crippen molar-refractivity contribution in [1.29, 1.82) is 0 Å². The lowest BCUT2D eigenvalue weighted by Gasteiger charge is -2.18. The number of amides is 1. The maximum absolute atomic E-state index is 12.5. The van der Waals surface area contributed by atoms with E-state index in [4.69, 9.17) is 44.5 Å². The first-order chi connectivity index (χ1) is 21.0. The van der Waals surface area contributed by atoms with E-state index < -0.39 is 24.0 Å². The molecular weight excluding hydrogens is 572 g/mol. The van der Waals surface area contributed by atoms with Crippen molar-refractivity contribution < 1.29 is 47.5 Å². The third kappa shape index (κ3) is 25.3. The van der Waals surface area contributed by atoms with Crippen LogP contribution in [0.5, 0.6) is 0 Å². The number of azide groups is 1. The van der Waals surface area contributed by atoms with Crippen molar-refractivity contribution in [2.24, 2.45) is 21.3 Å². The fourth-order valence-electron chi connectivity index (χ4n) is 3.42. The highest BCUT2D eigenvalue weighted by atomic mass is 16.6. The average Bonchev–Trinajstić information content (AvgIpc) is 3.01. The molecule has 4 N–H and O–H groups in total. The first-order valence-corrected chi connectivity index (χ1v) is 14.1. The maximum atomic E-state index is 12.5. The van der Waals surface area contributed by atoms with Crippen molar-refractivity contribution >= 4 is 17.7 Å². The van der Waals surface area contributed by atoms with Gasteiger partial charge in [0.25, 0.3) is 0 Å². The van der Waals surface area contributed by atoms with Crippen LogP contribution in [-0.2, 0) is 47.5 Å². The zero-order valence-corrected chi connectivity index (χ0v) is 25.3. The molecule has 0 saturated carbocycles. The van der Waals surface area contributed by atoms with Gasteiger partial charge in [-0.15, -0.1) is 0 Å². The van der Waals surface area contributed by atoms with Gasteiger partial charge >= 0.3 is 5.97 Å². The predicted octanol–water partition coefficient (Wildman–Crippen LogP) is 0.0975. The van der Waals surface area contributed by atoms with Gasteiger partial charge in [-0.3, -0.25) is 9.59 Å². The molecule has 0 aliphatic carbocycles. The number of likely N-dealkylation sites (N-methyl/N-ethyl adjacent to an activating group) is 1. The van der Waals surface area contributed by atoms with E-state index in [1.54, 1.807) is 7.05 Å². The van der Waals surface area contributed by atoms with Crippen LogP contribution in [0.4, 0.5) is 0 Å². The molecule has 2 atom stereocenters. The molecule has 0 aromatic heterocycles. The highest BCUT2D eigenvalue weighted by molar-refractivity contribution is 5.85. The van der Waals surface area contributed by atoms with Gasteiger partial charge in [0.1, 0.15) is 19.3 Å². The van der Waals surface area contributed by atoms with E-state index in [1.807, 2.05) is 0 Å². The van der Waals surface area contributed by atoms with Gasteiger partial charge in [0, 0.05) is 11.5 Å². The Morgan fingerprint density at radius 3 is 1.81 bits per heavy atom. The van der Waals surface area contributed by atoms with Crippen LogP contribution < -0.4 is 16.5 Å². The Balaban J connectivity index is 4.03. The van der Waals surface area contributed by atoms with Crippen LogP contribution in [0.15, 0.2) is 15.5 Å². The molecule has 0 rings (SSSR count). The van der Waals surface area contributed by atoms with Crippen LogP contribution in [0, 0.1) is 0 Å². The van der Waals surface area contributed by atoms with Crippen molar-refractivity contribution in [3.8, 4) is 0 Å². The van der Waals surface area contributed by atoms with E-state index in [1.165, 1.54) is 7.11 Å². The van der Waals surface area contributed by atoms with E-state index in [0.717, 1.165) is 0 Å². The molecule has 0 fully saturated rings. The number of Topliss-reactive ketones (excluding diaryl/α,β-unsaturated/α-hetero) is 1. The molecule has 18 nitrogen and oxygen atoms in total. The van der Waals surface area contributed by atoms with E-state index in [2.05, 4.69) is 31.0 Å². The number of carbonyl (C=O) groups is 3. The molecule has 0 spiro atoms. The first kappa shape index (κ1) is 40.0. The number of rotatable bonds is 31. The van der Waals surface area contributed by atoms with Gasteiger partial charge in [0.05, 0.1) is 85.8 Å². The largest absolute Gasteiger partial charge is 0.467 e. The van der Waals surface area contributed by atoms with Crippen LogP contribution >= 0.6 is 0 Å². The highest BCUT2D eigenvalue weighted by Crippen LogP contribution is 2.09. The fraction of sp³-hybridized carbons (Fsp3) is 0.880. The minimum atomic E-state index is -0.825. The molecular formula is C25H48N8O10. The lowest BCUT2D eigenvalue weighted by molar-refractivity contribution is -0.146. The van der Waals surface area contributed by atoms with Gasteiger partial charge in [0.15, 0.2) is 5.78 Å². The molecule has 0 aromatic carbocycles. The highest BCUT2D eigenvalue weighted by Gasteiger charge is 2.22. The molecule has 248 valence electrons. The minimum Gasteiger partial charge on any atom is -0.467 e. The molecule has 1 amide bonds. The Bertz CT molecular complexity index is 802. The van der Waals surface area contributed by atoms with Crippen molar-refractivity contribution in [3.05, 3.63) is 10.4 Å². The molecule has 0 heterocycles. The van der Waals surface area contributed by atoms with E-state index in [9.17, 15) is 14.4 Å². The van der Waals surface area contributed by atoms with Gasteiger partial charge < -0.3 is 49.6 Å². The average molecular weight is 621 g/mol. The van der Waals surface area contributed by atoms with E-state index in [0.29, 0.717) is 78.5 Å². The zero-order chi connectivity index (χ0) is 31.8. The van der Waals surface area contributed by atoms with Crippen molar-refractivity contribution in [1.82, 2.24) is 10.6 Å². The predicted molar refractivity (Wildman–Crippen MR) is 153 cm³/mol. The molecule has 0 saturated heterocycles. The van der Waals surface area contributed by atoms with E-state index >= 15 is 0 Å². The lowest BCUT2D eigenvalue weighted by Crippen LogP contribution is -2.43. The van der Waals surface area contributed by atoms with Crippen LogP contribution in [-0.4, -0.2) is 136 Å². The number of nitrogens with one attached hydrogen (secondary N) is 2. The Labute approximate surface area is 252 Å². The number of nitrogens with zero attached hydrogens (tertiary/aromatic N) is 5. The summed E-state index contributed by atoms with van der Waals surface area (Å²) >= 11 is 0. The summed E-state index contributed by atoms with van der Waals surface area (Å²) < 4.78 is 36.6. The number of hydrogen-bond donors (Lipinski definition) is 3. The van der Waals surface area contributed by atoms with Crippen LogP contribution in [0.25, 0.3) is 10.4 Å². The molecule has 2 unspecified atom stereocenters. The Hall–Kier alpha value is -2.96. The number of ketones is 1. The first-order valence-electron chi connectivity index (χ1n) is 14.1. The molecule has 0 aromatic rings. The van der Waals surface area contributed by atoms with Crippen LogP contribution in [0.1, 0.15) is 25.7 Å². The standard InChI is InChI=1S/C25H48N8O10/c1-28-21(23(34)19-42-17-15-40-13-11-38-9-7-29-32-26)5-3-4-6-22(25(36)37-2)31-24(35)20-43-18-16-41-14-12-39-10-8-30-33-27/h21-22,28H,3-20H2,1-2H3,(H2,26,29)(H,31,35). The summed E-state index contributed by atoms with van der Waals surface area (Å²) in [6, 6.07) is -1.22. The smallest absolute Gasteiger partial charge is 0.328 e. The second kappa shape index (κ2) is 30.5. The van der Waals surface area contributed by atoms with E-state index in [-0.39, 0.29) is 45.4 Å². The quantitative estimate of drug-likeness (QED) is 0.0178. The number of methoxy groups -OCH3 is 1. The Morgan fingerprint density at radius 2 is 1.28 bits per heavy atom. The summed E-state index contributed by atoms with van der Waals surface area (Å²) in [5.74, 6) is 3.79. The Morgan fingerprint density at radius 1 is 0.767 bits per heavy atom. The number of ether oxygens (including phenoxy) is 7. The summed E-state index contributed by atoms with van der Waals surface area (Å²) in [5.41, 5.74) is 8.16. The monoisotopic (exact) mass is 620 g/mol. The summed E-state index contributed by atoms with van der Waals surface area (Å²) in [5, 5.41) is 15.7. The van der Waals surface area contributed by atoms with Gasteiger partial charge in [-0.05, 0) is 25.4 Å². The molecule has 18 heteroatoms. The molecule has 0 radical (unpaired) electrons. The zero-order valence-electron chi connectivity index (χ0n) is 25.3. The third-order valence-corrected chi connectivity index (χ3v) is 5.58. The van der Waals surface area contributed by atoms with Gasteiger partial charge in [-0.25, -0.2) is 4.79 Å². The molecule has 0 aliphatic heterocycles. The van der Waals surface area contributed by atoms with Crippen LogP contribution in [0.3, 0.4) is 0 Å². The maximum Gasteiger partial charge on any atom is 0.328 e. The lowest BCUT2D eigenvalue weighted by atomic mass is 10.0. The SMILES string of the molecule is CNC(CCCCC(NC(=O)COCCOCCOCCN=[N+]=[N-])C(=O)OC)C(=O)COCCOCCOCCN=NN. The number of carbonyl (C=O) groups excluding carboxylic acids is 3. The summed E-state index contributed by atoms with van der Waals surface area (Å²) in [6.07, 6.45) is 2.11. The van der Waals surface area contributed by atoms with Crippen molar-refractivity contribution in [3.63, 3.8) is 0 Å². The number of hydrogen-bond acceptors (Lipinski definition) is 14. The topological polar surface area (TPSA) is 239 Å². The molecule has 43 heavy (non-hydrogen) atoms. The summed E-state index contributed by atoms with van der Waals surface area (Å²) in [7, 11) is 2.95. The normalized spacial score (nSPS) is 12.5. The number of esters is 1.